The van der Waals surface area contributed by atoms with Crippen LogP contribution in [0.15, 0.2) is 48.8 Å². The number of carbonyl (C=O) groups is 2. The van der Waals surface area contributed by atoms with E-state index in [2.05, 4.69) is 15.6 Å². The molecule has 2 aliphatic heterocycles. The molecular formula is C23H28N4O2. The van der Waals surface area contributed by atoms with Crippen molar-refractivity contribution in [2.45, 2.75) is 31.7 Å². The summed E-state index contributed by atoms with van der Waals surface area (Å²) in [6, 6.07) is 11.8. The van der Waals surface area contributed by atoms with E-state index in [1.54, 1.807) is 12.4 Å². The van der Waals surface area contributed by atoms with E-state index in [1.165, 1.54) is 0 Å². The first-order valence-corrected chi connectivity index (χ1v) is 10.5. The van der Waals surface area contributed by atoms with Crippen LogP contribution in [0.25, 0.3) is 11.1 Å². The van der Waals surface area contributed by atoms with Gasteiger partial charge in [0.1, 0.15) is 0 Å². The first kappa shape index (κ1) is 19.6. The molecule has 2 unspecified atom stereocenters. The first-order valence-electron chi connectivity index (χ1n) is 10.5. The van der Waals surface area contributed by atoms with Gasteiger partial charge < -0.3 is 15.5 Å². The Balaban J connectivity index is 1.37. The van der Waals surface area contributed by atoms with Crippen LogP contribution in [-0.4, -0.2) is 53.9 Å². The van der Waals surface area contributed by atoms with Gasteiger partial charge in [-0.3, -0.25) is 14.6 Å². The van der Waals surface area contributed by atoms with Crippen LogP contribution < -0.4 is 10.6 Å². The summed E-state index contributed by atoms with van der Waals surface area (Å²) in [5.41, 5.74) is 2.61. The lowest BCUT2D eigenvalue weighted by Gasteiger charge is -2.33. The molecule has 4 rings (SSSR count). The fourth-order valence-electron chi connectivity index (χ4n) is 4.22. The second kappa shape index (κ2) is 9.18. The van der Waals surface area contributed by atoms with E-state index in [-0.39, 0.29) is 17.9 Å². The maximum atomic E-state index is 13.1. The second-order valence-electron chi connectivity index (χ2n) is 7.98. The summed E-state index contributed by atoms with van der Waals surface area (Å²) in [4.78, 5) is 31.5. The number of rotatable bonds is 5. The Bertz CT molecular complexity index is 849. The number of hydrogen-bond acceptors (Lipinski definition) is 4. The summed E-state index contributed by atoms with van der Waals surface area (Å²) in [5.74, 6) is 0.401. The number of piperidine rings is 1. The Hall–Kier alpha value is -2.73. The minimum atomic E-state index is -0.0527. The molecule has 29 heavy (non-hydrogen) atoms. The molecule has 0 bridgehead atoms. The zero-order valence-corrected chi connectivity index (χ0v) is 16.6. The van der Waals surface area contributed by atoms with Crippen molar-refractivity contribution < 1.29 is 9.59 Å². The van der Waals surface area contributed by atoms with Gasteiger partial charge in [0.05, 0.1) is 11.6 Å². The van der Waals surface area contributed by atoms with Crippen molar-refractivity contribution in [1.29, 1.82) is 0 Å². The third-order valence-corrected chi connectivity index (χ3v) is 5.84. The van der Waals surface area contributed by atoms with Gasteiger partial charge in [0, 0.05) is 37.6 Å². The smallest absolute Gasteiger partial charge is 0.255 e. The van der Waals surface area contributed by atoms with E-state index in [9.17, 15) is 9.59 Å². The van der Waals surface area contributed by atoms with Gasteiger partial charge in [-0.15, -0.1) is 0 Å². The fourth-order valence-corrected chi connectivity index (χ4v) is 4.22. The molecule has 0 spiro atoms. The van der Waals surface area contributed by atoms with Gasteiger partial charge in [-0.2, -0.15) is 0 Å². The minimum absolute atomic E-state index is 0.0174. The molecular weight excluding hydrogens is 364 g/mol. The minimum Gasteiger partial charge on any atom is -0.354 e. The van der Waals surface area contributed by atoms with Gasteiger partial charge in [0.15, 0.2) is 0 Å². The summed E-state index contributed by atoms with van der Waals surface area (Å²) in [6.07, 6.45) is 7.39. The van der Waals surface area contributed by atoms with Crippen LogP contribution in [0.3, 0.4) is 0 Å². The molecule has 2 aromatic rings. The third kappa shape index (κ3) is 4.82. The Kier molecular flexibility index (Phi) is 6.20. The Morgan fingerprint density at radius 1 is 1.10 bits per heavy atom. The lowest BCUT2D eigenvalue weighted by atomic mass is 9.97. The molecule has 3 heterocycles. The average Bonchev–Trinajstić information content (AvgIpc) is 3.33. The van der Waals surface area contributed by atoms with E-state index in [4.69, 9.17) is 0 Å². The monoisotopic (exact) mass is 392 g/mol. The molecule has 0 saturated carbocycles. The molecule has 1 aromatic carbocycles. The normalized spacial score (nSPS) is 21.7. The molecule has 2 amide bonds. The molecule has 2 N–H and O–H groups in total. The quantitative estimate of drug-likeness (QED) is 0.820. The van der Waals surface area contributed by atoms with Crippen molar-refractivity contribution in [3.63, 3.8) is 0 Å². The van der Waals surface area contributed by atoms with Crippen LogP contribution in [0.2, 0.25) is 0 Å². The number of nitrogens with zero attached hydrogens (tertiary/aromatic N) is 2. The number of carbonyl (C=O) groups excluding carboxylic acids is 2. The van der Waals surface area contributed by atoms with Crippen molar-refractivity contribution >= 4 is 11.8 Å². The average molecular weight is 393 g/mol. The van der Waals surface area contributed by atoms with E-state index in [0.717, 1.165) is 49.9 Å². The number of amides is 2. The largest absolute Gasteiger partial charge is 0.354 e. The van der Waals surface area contributed by atoms with Crippen LogP contribution >= 0.6 is 0 Å². The highest BCUT2D eigenvalue weighted by molar-refractivity contribution is 5.95. The number of pyridine rings is 1. The topological polar surface area (TPSA) is 74.3 Å². The molecule has 2 atom stereocenters. The summed E-state index contributed by atoms with van der Waals surface area (Å²) in [6.45, 7) is 2.97. The number of aromatic nitrogens is 1. The zero-order valence-electron chi connectivity index (χ0n) is 16.6. The van der Waals surface area contributed by atoms with Gasteiger partial charge in [-0.05, 0) is 49.8 Å². The van der Waals surface area contributed by atoms with E-state index >= 15 is 0 Å². The SMILES string of the molecule is O=C(NCC1CCCN(C(=O)c2cncc(-c3ccccc3)c2)C1)C1CCCN1. The lowest BCUT2D eigenvalue weighted by Crippen LogP contribution is -2.46. The van der Waals surface area contributed by atoms with Crippen molar-refractivity contribution in [2.75, 3.05) is 26.2 Å². The standard InChI is InChI=1S/C23H28N4O2/c28-22(21-9-4-10-25-21)26-13-17-6-5-11-27(16-17)23(29)20-12-19(14-24-15-20)18-7-2-1-3-8-18/h1-3,7-8,12,14-15,17,21,25H,4-6,9-11,13,16H2,(H,26,28). The van der Waals surface area contributed by atoms with Gasteiger partial charge in [-0.25, -0.2) is 0 Å². The molecule has 0 radical (unpaired) electrons. The highest BCUT2D eigenvalue weighted by Gasteiger charge is 2.27. The summed E-state index contributed by atoms with van der Waals surface area (Å²) >= 11 is 0. The zero-order chi connectivity index (χ0) is 20.1. The lowest BCUT2D eigenvalue weighted by molar-refractivity contribution is -0.123. The maximum Gasteiger partial charge on any atom is 0.255 e. The van der Waals surface area contributed by atoms with Crippen LogP contribution in [0, 0.1) is 5.92 Å². The molecule has 6 heteroatoms. The predicted octanol–water partition coefficient (Wildman–Crippen LogP) is 2.47. The van der Waals surface area contributed by atoms with Crippen molar-refractivity contribution in [2.24, 2.45) is 5.92 Å². The van der Waals surface area contributed by atoms with Crippen molar-refractivity contribution in [3.8, 4) is 11.1 Å². The predicted molar refractivity (Wildman–Crippen MR) is 112 cm³/mol. The number of benzene rings is 1. The Morgan fingerprint density at radius 2 is 1.97 bits per heavy atom. The highest BCUT2D eigenvalue weighted by atomic mass is 16.2. The summed E-state index contributed by atoms with van der Waals surface area (Å²) in [7, 11) is 0. The first-order chi connectivity index (χ1) is 14.2. The second-order valence-corrected chi connectivity index (χ2v) is 7.98. The Labute approximate surface area is 171 Å². The summed E-state index contributed by atoms with van der Waals surface area (Å²) in [5, 5.41) is 6.30. The van der Waals surface area contributed by atoms with E-state index in [1.807, 2.05) is 41.3 Å². The summed E-state index contributed by atoms with van der Waals surface area (Å²) < 4.78 is 0. The van der Waals surface area contributed by atoms with Crippen LogP contribution in [0.1, 0.15) is 36.0 Å². The van der Waals surface area contributed by atoms with E-state index < -0.39 is 0 Å². The van der Waals surface area contributed by atoms with Crippen LogP contribution in [-0.2, 0) is 4.79 Å². The fraction of sp³-hybridized carbons (Fsp3) is 0.435. The number of likely N-dealkylation sites (tertiary alicyclic amines) is 1. The molecule has 6 nitrogen and oxygen atoms in total. The molecule has 152 valence electrons. The Morgan fingerprint density at radius 3 is 2.76 bits per heavy atom. The van der Waals surface area contributed by atoms with Gasteiger partial charge >= 0.3 is 0 Å². The van der Waals surface area contributed by atoms with E-state index in [0.29, 0.717) is 24.6 Å². The van der Waals surface area contributed by atoms with Crippen molar-refractivity contribution in [1.82, 2.24) is 20.5 Å². The number of hydrogen-bond donors (Lipinski definition) is 2. The van der Waals surface area contributed by atoms with Crippen LogP contribution in [0.5, 0.6) is 0 Å². The molecule has 2 fully saturated rings. The van der Waals surface area contributed by atoms with Gasteiger partial charge in [0.2, 0.25) is 5.91 Å². The molecule has 1 aromatic heterocycles. The van der Waals surface area contributed by atoms with Gasteiger partial charge in [-0.1, -0.05) is 30.3 Å². The maximum absolute atomic E-state index is 13.1. The molecule has 2 aliphatic rings. The van der Waals surface area contributed by atoms with Gasteiger partial charge in [0.25, 0.3) is 5.91 Å². The molecule has 2 saturated heterocycles. The third-order valence-electron chi connectivity index (χ3n) is 5.84. The van der Waals surface area contributed by atoms with Crippen LogP contribution in [0.4, 0.5) is 0 Å². The number of nitrogens with one attached hydrogen (secondary N) is 2. The molecule has 0 aliphatic carbocycles. The van der Waals surface area contributed by atoms with Crippen molar-refractivity contribution in [3.05, 3.63) is 54.4 Å². The highest BCUT2D eigenvalue weighted by Crippen LogP contribution is 2.22.